The van der Waals surface area contributed by atoms with Crippen LogP contribution in [-0.2, 0) is 4.79 Å². The van der Waals surface area contributed by atoms with Gasteiger partial charge in [-0.15, -0.1) is 12.4 Å². The number of nitrogens with zero attached hydrogens (tertiary/aromatic N) is 2. The molecule has 0 aliphatic carbocycles. The molecule has 23 heavy (non-hydrogen) atoms. The van der Waals surface area contributed by atoms with E-state index < -0.39 is 0 Å². The van der Waals surface area contributed by atoms with Crippen LogP contribution in [0.4, 0.5) is 0 Å². The number of nitrogens with one attached hydrogen (secondary N) is 1. The smallest absolute Gasteiger partial charge is 0.260 e. The van der Waals surface area contributed by atoms with Gasteiger partial charge in [0.05, 0.1) is 0 Å². The summed E-state index contributed by atoms with van der Waals surface area (Å²) in [7, 11) is 0. The van der Waals surface area contributed by atoms with Crippen LogP contribution in [0.1, 0.15) is 12.0 Å². The molecule has 0 radical (unpaired) electrons. The summed E-state index contributed by atoms with van der Waals surface area (Å²) in [6.45, 7) is 8.15. The monoisotopic (exact) mass is 339 g/mol. The molecule has 0 bridgehead atoms. The lowest BCUT2D eigenvalue weighted by Gasteiger charge is -2.32. The summed E-state index contributed by atoms with van der Waals surface area (Å²) in [4.78, 5) is 16.8. The summed E-state index contributed by atoms with van der Waals surface area (Å²) < 4.78 is 5.63. The number of benzene rings is 1. The molecular weight excluding hydrogens is 314 g/mol. The first kappa shape index (κ1) is 18.0. The van der Waals surface area contributed by atoms with Crippen molar-refractivity contribution in [2.45, 2.75) is 19.4 Å². The predicted octanol–water partition coefficient (Wildman–Crippen LogP) is 1.30. The lowest BCUT2D eigenvalue weighted by molar-refractivity contribution is -0.132. The van der Waals surface area contributed by atoms with Gasteiger partial charge in [0.1, 0.15) is 5.75 Å². The summed E-state index contributed by atoms with van der Waals surface area (Å²) >= 11 is 0. The van der Waals surface area contributed by atoms with Gasteiger partial charge in [-0.3, -0.25) is 9.69 Å². The Kier molecular flexibility index (Phi) is 6.69. The van der Waals surface area contributed by atoms with Gasteiger partial charge in [-0.25, -0.2) is 0 Å². The van der Waals surface area contributed by atoms with Gasteiger partial charge in [-0.2, -0.15) is 0 Å². The number of hydrogen-bond acceptors (Lipinski definition) is 4. The Morgan fingerprint density at radius 3 is 2.83 bits per heavy atom. The maximum Gasteiger partial charge on any atom is 0.260 e. The Bertz CT molecular complexity index is 520. The van der Waals surface area contributed by atoms with Crippen molar-refractivity contribution >= 4 is 18.3 Å². The molecule has 1 N–H and O–H groups in total. The SMILES string of the molecule is Cc1cccc(OCC(=O)N2CCC(N3CCNCC3)C2)c1.Cl. The highest BCUT2D eigenvalue weighted by molar-refractivity contribution is 5.85. The van der Waals surface area contributed by atoms with Gasteiger partial charge in [0.15, 0.2) is 6.61 Å². The molecule has 1 aromatic rings. The van der Waals surface area contributed by atoms with Crippen molar-refractivity contribution < 1.29 is 9.53 Å². The van der Waals surface area contributed by atoms with Crippen LogP contribution in [0, 0.1) is 6.92 Å². The number of carbonyl (C=O) groups excluding carboxylic acids is 1. The second kappa shape index (κ2) is 8.52. The number of amides is 1. The zero-order chi connectivity index (χ0) is 15.4. The second-order valence-electron chi connectivity index (χ2n) is 6.17. The van der Waals surface area contributed by atoms with E-state index in [1.807, 2.05) is 36.1 Å². The van der Waals surface area contributed by atoms with Gasteiger partial charge in [-0.1, -0.05) is 12.1 Å². The largest absolute Gasteiger partial charge is 0.484 e. The van der Waals surface area contributed by atoms with Crippen LogP contribution in [0.15, 0.2) is 24.3 Å². The number of ether oxygens (including phenoxy) is 1. The molecule has 3 rings (SSSR count). The van der Waals surface area contributed by atoms with E-state index in [0.717, 1.165) is 57.0 Å². The first-order valence-electron chi connectivity index (χ1n) is 8.14. The zero-order valence-electron chi connectivity index (χ0n) is 13.7. The first-order chi connectivity index (χ1) is 10.7. The number of likely N-dealkylation sites (tertiary alicyclic amines) is 1. The summed E-state index contributed by atoms with van der Waals surface area (Å²) in [5, 5.41) is 3.37. The Balaban J connectivity index is 0.00000192. The minimum absolute atomic E-state index is 0. The van der Waals surface area contributed by atoms with E-state index in [1.54, 1.807) is 0 Å². The molecule has 0 aromatic heterocycles. The lowest BCUT2D eigenvalue weighted by Crippen LogP contribution is -2.49. The Labute approximate surface area is 144 Å². The van der Waals surface area contributed by atoms with Gasteiger partial charge in [-0.05, 0) is 31.0 Å². The third-order valence-corrected chi connectivity index (χ3v) is 4.54. The summed E-state index contributed by atoms with van der Waals surface area (Å²) in [6.07, 6.45) is 1.08. The average Bonchev–Trinajstić information content (AvgIpc) is 3.04. The minimum Gasteiger partial charge on any atom is -0.484 e. The van der Waals surface area contributed by atoms with Crippen LogP contribution in [0.3, 0.4) is 0 Å². The molecule has 0 saturated carbocycles. The molecule has 1 unspecified atom stereocenters. The molecule has 1 aromatic carbocycles. The van der Waals surface area contributed by atoms with E-state index in [-0.39, 0.29) is 24.9 Å². The van der Waals surface area contributed by atoms with Gasteiger partial charge in [0, 0.05) is 45.3 Å². The fraction of sp³-hybridized carbons (Fsp3) is 0.588. The van der Waals surface area contributed by atoms with Crippen LogP contribution in [0.2, 0.25) is 0 Å². The van der Waals surface area contributed by atoms with Gasteiger partial charge in [0.2, 0.25) is 0 Å². The number of hydrogen-bond donors (Lipinski definition) is 1. The average molecular weight is 340 g/mol. The quantitative estimate of drug-likeness (QED) is 0.898. The lowest BCUT2D eigenvalue weighted by atomic mass is 10.2. The zero-order valence-corrected chi connectivity index (χ0v) is 14.5. The van der Waals surface area contributed by atoms with Crippen molar-refractivity contribution in [2.75, 3.05) is 45.9 Å². The molecule has 1 amide bonds. The molecule has 2 heterocycles. The molecule has 2 fully saturated rings. The molecule has 1 atom stereocenters. The predicted molar refractivity (Wildman–Crippen MR) is 93.3 cm³/mol. The van der Waals surface area contributed by atoms with E-state index in [9.17, 15) is 4.79 Å². The Morgan fingerprint density at radius 2 is 2.09 bits per heavy atom. The van der Waals surface area contributed by atoms with Crippen LogP contribution in [0.25, 0.3) is 0 Å². The van der Waals surface area contributed by atoms with E-state index in [1.165, 1.54) is 0 Å². The van der Waals surface area contributed by atoms with Gasteiger partial charge >= 0.3 is 0 Å². The standard InChI is InChI=1S/C17H25N3O2.ClH/c1-14-3-2-4-16(11-14)22-13-17(21)20-8-5-15(12-20)19-9-6-18-7-10-19;/h2-4,11,15,18H,5-10,12-13H2,1H3;1H. The van der Waals surface area contributed by atoms with Crippen LogP contribution < -0.4 is 10.1 Å². The third kappa shape index (κ3) is 4.83. The minimum atomic E-state index is 0. The van der Waals surface area contributed by atoms with Crippen molar-refractivity contribution in [3.8, 4) is 5.75 Å². The molecular formula is C17H26ClN3O2. The van der Waals surface area contributed by atoms with Crippen molar-refractivity contribution in [3.63, 3.8) is 0 Å². The normalized spacial score (nSPS) is 21.8. The Hall–Kier alpha value is -1.30. The fourth-order valence-corrected chi connectivity index (χ4v) is 3.26. The van der Waals surface area contributed by atoms with Gasteiger partial charge < -0.3 is 15.0 Å². The highest BCUT2D eigenvalue weighted by Crippen LogP contribution is 2.17. The third-order valence-electron chi connectivity index (χ3n) is 4.54. The molecule has 5 nitrogen and oxygen atoms in total. The number of carbonyl (C=O) groups is 1. The molecule has 128 valence electrons. The van der Waals surface area contributed by atoms with Crippen LogP contribution in [-0.4, -0.2) is 67.6 Å². The first-order valence-corrected chi connectivity index (χ1v) is 8.14. The summed E-state index contributed by atoms with van der Waals surface area (Å²) in [5.41, 5.74) is 1.14. The number of aryl methyl sites for hydroxylation is 1. The van der Waals surface area contributed by atoms with Crippen LogP contribution >= 0.6 is 12.4 Å². The van der Waals surface area contributed by atoms with E-state index in [0.29, 0.717) is 6.04 Å². The topological polar surface area (TPSA) is 44.8 Å². The molecule has 6 heteroatoms. The fourth-order valence-electron chi connectivity index (χ4n) is 3.26. The Morgan fingerprint density at radius 1 is 1.30 bits per heavy atom. The second-order valence-corrected chi connectivity index (χ2v) is 6.17. The van der Waals surface area contributed by atoms with E-state index in [4.69, 9.17) is 4.74 Å². The maximum atomic E-state index is 12.3. The van der Waals surface area contributed by atoms with Crippen molar-refractivity contribution in [2.24, 2.45) is 0 Å². The number of halogens is 1. The number of piperazine rings is 1. The molecule has 2 aliphatic rings. The number of rotatable bonds is 4. The summed E-state index contributed by atoms with van der Waals surface area (Å²) in [5.74, 6) is 0.866. The summed E-state index contributed by atoms with van der Waals surface area (Å²) in [6, 6.07) is 8.35. The molecule has 0 spiro atoms. The maximum absolute atomic E-state index is 12.3. The van der Waals surface area contributed by atoms with Gasteiger partial charge in [0.25, 0.3) is 5.91 Å². The van der Waals surface area contributed by atoms with E-state index >= 15 is 0 Å². The highest BCUT2D eigenvalue weighted by Gasteiger charge is 2.30. The van der Waals surface area contributed by atoms with Crippen molar-refractivity contribution in [1.29, 1.82) is 0 Å². The van der Waals surface area contributed by atoms with Crippen molar-refractivity contribution in [1.82, 2.24) is 15.1 Å². The molecule has 2 aliphatic heterocycles. The van der Waals surface area contributed by atoms with Crippen molar-refractivity contribution in [3.05, 3.63) is 29.8 Å². The van der Waals surface area contributed by atoms with Crippen LogP contribution in [0.5, 0.6) is 5.75 Å². The van der Waals surface area contributed by atoms with E-state index in [2.05, 4.69) is 10.2 Å². The highest BCUT2D eigenvalue weighted by atomic mass is 35.5. The molecule has 2 saturated heterocycles.